The third-order valence-electron chi connectivity index (χ3n) is 6.82. The molecule has 2 saturated heterocycles. The topological polar surface area (TPSA) is 54.9 Å². The van der Waals surface area contributed by atoms with Gasteiger partial charge in [0.05, 0.1) is 6.10 Å². The van der Waals surface area contributed by atoms with E-state index in [9.17, 15) is 0 Å². The Kier molecular flexibility index (Phi) is 6.88. The van der Waals surface area contributed by atoms with Gasteiger partial charge in [-0.2, -0.15) is 0 Å². The molecular weight excluding hydrogens is 429 g/mol. The van der Waals surface area contributed by atoms with Crippen LogP contribution in [0.5, 0.6) is 0 Å². The van der Waals surface area contributed by atoms with E-state index in [0.29, 0.717) is 23.5 Å². The van der Waals surface area contributed by atoms with Crippen LogP contribution in [-0.2, 0) is 9.47 Å². The average molecular weight is 463 g/mol. The molecule has 0 aromatic rings. The molecule has 1 spiro atoms. The molecule has 2 saturated carbocycles. The van der Waals surface area contributed by atoms with Gasteiger partial charge in [0.1, 0.15) is 0 Å². The number of hydrogen-bond donors (Lipinski definition) is 2. The van der Waals surface area contributed by atoms with Crippen LogP contribution >= 0.6 is 24.0 Å². The third-order valence-corrected chi connectivity index (χ3v) is 6.82. The highest BCUT2D eigenvalue weighted by atomic mass is 127. The predicted molar refractivity (Wildman–Crippen MR) is 111 cm³/mol. The molecule has 4 fully saturated rings. The molecule has 0 amide bonds. The van der Waals surface area contributed by atoms with Gasteiger partial charge in [0.25, 0.3) is 0 Å². The molecule has 0 aromatic heterocycles. The zero-order valence-electron chi connectivity index (χ0n) is 15.5. The van der Waals surface area contributed by atoms with Gasteiger partial charge in [-0.1, -0.05) is 6.42 Å². The van der Waals surface area contributed by atoms with Crippen molar-refractivity contribution in [2.45, 2.75) is 64.0 Å². The van der Waals surface area contributed by atoms with Gasteiger partial charge in [0.2, 0.25) is 0 Å². The van der Waals surface area contributed by atoms with Crippen LogP contribution in [0.3, 0.4) is 0 Å². The second-order valence-electron chi connectivity index (χ2n) is 8.06. The number of aliphatic imine (C=N–C) groups is 1. The van der Waals surface area contributed by atoms with Gasteiger partial charge in [0.15, 0.2) is 5.96 Å². The van der Waals surface area contributed by atoms with Crippen molar-refractivity contribution in [2.24, 2.45) is 22.2 Å². The first-order valence-corrected chi connectivity index (χ1v) is 10.1. The summed E-state index contributed by atoms with van der Waals surface area (Å²) < 4.78 is 11.5. The van der Waals surface area contributed by atoms with Gasteiger partial charge >= 0.3 is 0 Å². The predicted octanol–water partition coefficient (Wildman–Crippen LogP) is 2.93. The first-order valence-electron chi connectivity index (χ1n) is 10.1. The molecule has 2 N–H and O–H groups in total. The second kappa shape index (κ2) is 8.74. The lowest BCUT2D eigenvalue weighted by atomic mass is 9.46. The van der Waals surface area contributed by atoms with E-state index >= 15 is 0 Å². The Morgan fingerprint density at radius 3 is 2.64 bits per heavy atom. The van der Waals surface area contributed by atoms with Crippen molar-refractivity contribution in [3.8, 4) is 0 Å². The van der Waals surface area contributed by atoms with E-state index in [1.54, 1.807) is 0 Å². The summed E-state index contributed by atoms with van der Waals surface area (Å²) in [6.07, 6.45) is 9.34. The Bertz CT molecular complexity index is 464. The molecule has 0 aromatic carbocycles. The summed E-state index contributed by atoms with van der Waals surface area (Å²) in [6.45, 7) is 6.81. The summed E-state index contributed by atoms with van der Waals surface area (Å²) in [7, 11) is 0. The summed E-state index contributed by atoms with van der Waals surface area (Å²) in [4.78, 5) is 4.88. The van der Waals surface area contributed by atoms with Crippen LogP contribution in [0.2, 0.25) is 0 Å². The van der Waals surface area contributed by atoms with Crippen LogP contribution in [0.4, 0.5) is 0 Å². The molecule has 4 rings (SSSR count). The molecule has 4 aliphatic rings. The lowest BCUT2D eigenvalue weighted by Crippen LogP contribution is -2.72. The van der Waals surface area contributed by atoms with Gasteiger partial charge in [-0.3, -0.25) is 4.99 Å². The molecule has 144 valence electrons. The first kappa shape index (κ1) is 19.7. The normalized spacial score (nSPS) is 33.8. The van der Waals surface area contributed by atoms with Crippen molar-refractivity contribution in [1.82, 2.24) is 10.6 Å². The molecule has 3 unspecified atom stereocenters. The van der Waals surface area contributed by atoms with E-state index in [1.807, 2.05) is 0 Å². The Balaban J connectivity index is 0.00000182. The van der Waals surface area contributed by atoms with E-state index in [2.05, 4.69) is 17.6 Å². The maximum atomic E-state index is 6.03. The van der Waals surface area contributed by atoms with Gasteiger partial charge in [0, 0.05) is 50.3 Å². The van der Waals surface area contributed by atoms with Crippen LogP contribution in [0, 0.1) is 17.3 Å². The number of fused-ring (bicyclic) bond motifs is 2. The van der Waals surface area contributed by atoms with Crippen molar-refractivity contribution in [2.75, 3.05) is 32.9 Å². The highest BCUT2D eigenvalue weighted by molar-refractivity contribution is 14.0. The SMILES string of the molecule is CCNC(=NCCC1CCOCC1)NC1C2CCOC2C12CCC2.I. The largest absolute Gasteiger partial charge is 0.381 e. The van der Waals surface area contributed by atoms with Gasteiger partial charge in [-0.25, -0.2) is 0 Å². The van der Waals surface area contributed by atoms with Crippen LogP contribution in [0.25, 0.3) is 0 Å². The lowest BCUT2D eigenvalue weighted by Gasteiger charge is -2.63. The van der Waals surface area contributed by atoms with Gasteiger partial charge in [-0.05, 0) is 51.4 Å². The zero-order chi connectivity index (χ0) is 16.4. The van der Waals surface area contributed by atoms with Gasteiger partial charge in [-0.15, -0.1) is 24.0 Å². The highest BCUT2D eigenvalue weighted by Crippen LogP contribution is 2.62. The molecule has 2 aliphatic heterocycles. The molecule has 6 heteroatoms. The summed E-state index contributed by atoms with van der Waals surface area (Å²) >= 11 is 0. The standard InChI is InChI=1S/C19H33N3O2.HI/c1-2-20-18(21-10-4-14-5-11-23-12-6-14)22-16-15-7-13-24-17(15)19(16)8-3-9-19;/h14-17H,2-13H2,1H3,(H2,20,21,22);1H. The maximum absolute atomic E-state index is 6.03. The fraction of sp³-hybridized carbons (Fsp3) is 0.947. The monoisotopic (exact) mass is 463 g/mol. The fourth-order valence-corrected chi connectivity index (χ4v) is 5.32. The molecule has 5 nitrogen and oxygen atoms in total. The minimum atomic E-state index is 0. The van der Waals surface area contributed by atoms with Crippen molar-refractivity contribution in [3.05, 3.63) is 0 Å². The summed E-state index contributed by atoms with van der Waals surface area (Å²) in [5, 5.41) is 7.25. The van der Waals surface area contributed by atoms with Gasteiger partial charge < -0.3 is 20.1 Å². The van der Waals surface area contributed by atoms with E-state index in [4.69, 9.17) is 14.5 Å². The number of guanidine groups is 1. The van der Waals surface area contributed by atoms with E-state index in [0.717, 1.165) is 44.8 Å². The molecular formula is C19H34IN3O2. The van der Waals surface area contributed by atoms with Crippen LogP contribution in [0.1, 0.15) is 51.9 Å². The average Bonchev–Trinajstić information content (AvgIpc) is 2.97. The number of rotatable bonds is 5. The first-order chi connectivity index (χ1) is 11.8. The van der Waals surface area contributed by atoms with E-state index in [1.165, 1.54) is 44.9 Å². The number of ether oxygens (including phenoxy) is 2. The smallest absolute Gasteiger partial charge is 0.191 e. The van der Waals surface area contributed by atoms with Crippen molar-refractivity contribution >= 4 is 29.9 Å². The van der Waals surface area contributed by atoms with Crippen LogP contribution in [0.15, 0.2) is 4.99 Å². The zero-order valence-corrected chi connectivity index (χ0v) is 17.8. The number of halogens is 1. The second-order valence-corrected chi connectivity index (χ2v) is 8.06. The Hall–Kier alpha value is -0.0800. The van der Waals surface area contributed by atoms with Crippen molar-refractivity contribution in [3.63, 3.8) is 0 Å². The summed E-state index contributed by atoms with van der Waals surface area (Å²) in [6, 6.07) is 0.569. The molecule has 3 atom stereocenters. The number of nitrogens with zero attached hydrogens (tertiary/aromatic N) is 1. The molecule has 0 radical (unpaired) electrons. The third kappa shape index (κ3) is 3.81. The number of nitrogens with one attached hydrogen (secondary N) is 2. The highest BCUT2D eigenvalue weighted by Gasteiger charge is 2.66. The van der Waals surface area contributed by atoms with E-state index < -0.39 is 0 Å². The summed E-state index contributed by atoms with van der Waals surface area (Å²) in [5.74, 6) is 2.51. The lowest BCUT2D eigenvalue weighted by molar-refractivity contribution is -0.171. The van der Waals surface area contributed by atoms with Crippen LogP contribution in [-0.4, -0.2) is 51.0 Å². The van der Waals surface area contributed by atoms with Crippen molar-refractivity contribution in [1.29, 1.82) is 0 Å². The Morgan fingerprint density at radius 2 is 1.96 bits per heavy atom. The molecule has 2 aliphatic carbocycles. The number of hydrogen-bond acceptors (Lipinski definition) is 3. The Labute approximate surface area is 169 Å². The minimum Gasteiger partial charge on any atom is -0.381 e. The summed E-state index contributed by atoms with van der Waals surface area (Å²) in [5.41, 5.74) is 0.415. The van der Waals surface area contributed by atoms with Crippen molar-refractivity contribution < 1.29 is 9.47 Å². The quantitative estimate of drug-likeness (QED) is 0.374. The molecule has 0 bridgehead atoms. The Morgan fingerprint density at radius 1 is 1.16 bits per heavy atom. The molecule has 2 heterocycles. The molecule has 25 heavy (non-hydrogen) atoms. The fourth-order valence-electron chi connectivity index (χ4n) is 5.32. The van der Waals surface area contributed by atoms with Crippen LogP contribution < -0.4 is 10.6 Å². The minimum absolute atomic E-state index is 0. The van der Waals surface area contributed by atoms with E-state index in [-0.39, 0.29) is 24.0 Å². The maximum Gasteiger partial charge on any atom is 0.191 e.